The van der Waals surface area contributed by atoms with Gasteiger partial charge in [-0.3, -0.25) is 4.99 Å². The van der Waals surface area contributed by atoms with Gasteiger partial charge in [-0.15, -0.1) is 0 Å². The van der Waals surface area contributed by atoms with Crippen molar-refractivity contribution >= 4 is 16.0 Å². The van der Waals surface area contributed by atoms with Crippen LogP contribution in [-0.2, 0) is 16.6 Å². The summed E-state index contributed by atoms with van der Waals surface area (Å²) >= 11 is 0. The number of rotatable bonds is 5. The van der Waals surface area contributed by atoms with Crippen LogP contribution in [0.4, 0.5) is 0 Å². The van der Waals surface area contributed by atoms with Gasteiger partial charge in [0.2, 0.25) is 15.9 Å². The molecule has 8 nitrogen and oxygen atoms in total. The third-order valence-electron chi connectivity index (χ3n) is 3.96. The summed E-state index contributed by atoms with van der Waals surface area (Å²) in [6, 6.07) is -0.0326. The maximum absolute atomic E-state index is 11.7. The van der Waals surface area contributed by atoms with E-state index in [4.69, 9.17) is 4.42 Å². The average molecular weight is 343 g/mol. The number of sulfonamides is 1. The fourth-order valence-electron chi connectivity index (χ4n) is 2.66. The molecular formula is C14H25N5O3S. The van der Waals surface area contributed by atoms with E-state index in [2.05, 4.69) is 20.6 Å². The Morgan fingerprint density at radius 1 is 1.43 bits per heavy atom. The summed E-state index contributed by atoms with van der Waals surface area (Å²) < 4.78 is 30.5. The van der Waals surface area contributed by atoms with Gasteiger partial charge in [-0.2, -0.15) is 4.31 Å². The number of aromatic nitrogens is 1. The lowest BCUT2D eigenvalue weighted by atomic mass is 10.2. The van der Waals surface area contributed by atoms with Crippen molar-refractivity contribution in [2.24, 2.45) is 4.99 Å². The summed E-state index contributed by atoms with van der Waals surface area (Å²) in [6.45, 7) is 5.31. The predicted molar refractivity (Wildman–Crippen MR) is 88.8 cm³/mol. The van der Waals surface area contributed by atoms with Crippen LogP contribution in [0.3, 0.4) is 0 Å². The van der Waals surface area contributed by atoms with Crippen LogP contribution in [0.1, 0.15) is 30.2 Å². The van der Waals surface area contributed by atoms with Crippen LogP contribution in [0.2, 0.25) is 0 Å². The second kappa shape index (κ2) is 7.31. The van der Waals surface area contributed by atoms with Gasteiger partial charge in [0.1, 0.15) is 5.76 Å². The van der Waals surface area contributed by atoms with E-state index in [9.17, 15) is 8.42 Å². The first-order valence-corrected chi connectivity index (χ1v) is 9.50. The smallest absolute Gasteiger partial charge is 0.214 e. The summed E-state index contributed by atoms with van der Waals surface area (Å²) in [5.41, 5.74) is 0.875. The van der Waals surface area contributed by atoms with Gasteiger partial charge in [0.25, 0.3) is 0 Å². The fourth-order valence-corrected chi connectivity index (χ4v) is 3.84. The van der Waals surface area contributed by atoms with E-state index in [0.717, 1.165) is 24.3 Å². The number of guanidine groups is 1. The second-order valence-electron chi connectivity index (χ2n) is 5.73. The minimum Gasteiger partial charge on any atom is -0.444 e. The highest BCUT2D eigenvalue weighted by Gasteiger charge is 2.31. The second-order valence-corrected chi connectivity index (χ2v) is 7.66. The lowest BCUT2D eigenvalue weighted by Gasteiger charge is -2.23. The van der Waals surface area contributed by atoms with Crippen molar-refractivity contribution in [1.29, 1.82) is 0 Å². The number of nitrogens with zero attached hydrogens (tertiary/aromatic N) is 3. The highest BCUT2D eigenvalue weighted by molar-refractivity contribution is 7.88. The van der Waals surface area contributed by atoms with E-state index in [1.807, 2.05) is 13.8 Å². The first kappa shape index (κ1) is 17.7. The largest absolute Gasteiger partial charge is 0.444 e. The highest BCUT2D eigenvalue weighted by atomic mass is 32.2. The van der Waals surface area contributed by atoms with Crippen molar-refractivity contribution in [1.82, 2.24) is 19.9 Å². The SMILES string of the molecule is CN=C(NCc1nc(C)c(C)o1)NC[C@H]1CCCN1S(C)(=O)=O. The normalized spacial score (nSPS) is 20.0. The highest BCUT2D eigenvalue weighted by Crippen LogP contribution is 2.19. The Morgan fingerprint density at radius 3 is 2.74 bits per heavy atom. The summed E-state index contributed by atoms with van der Waals surface area (Å²) in [5, 5.41) is 6.29. The zero-order valence-corrected chi connectivity index (χ0v) is 14.9. The first-order chi connectivity index (χ1) is 10.8. The Labute approximate surface area is 137 Å². The van der Waals surface area contributed by atoms with Crippen LogP contribution in [0.15, 0.2) is 9.41 Å². The Morgan fingerprint density at radius 2 is 2.17 bits per heavy atom. The molecule has 23 heavy (non-hydrogen) atoms. The molecule has 0 saturated carbocycles. The molecule has 0 amide bonds. The van der Waals surface area contributed by atoms with Crippen LogP contribution >= 0.6 is 0 Å². The standard InChI is InChI=1S/C14H25N5O3S/c1-10-11(2)22-13(18-10)9-17-14(15-3)16-8-12-6-5-7-19(12)23(4,20)21/h12H,5-9H2,1-4H3,(H2,15,16,17)/t12-/m1/s1. The zero-order valence-electron chi connectivity index (χ0n) is 14.1. The van der Waals surface area contributed by atoms with Gasteiger partial charge in [0.15, 0.2) is 5.96 Å². The monoisotopic (exact) mass is 343 g/mol. The Bertz CT molecular complexity index is 648. The molecule has 0 bridgehead atoms. The Kier molecular flexibility index (Phi) is 5.64. The molecule has 1 saturated heterocycles. The van der Waals surface area contributed by atoms with Crippen molar-refractivity contribution in [2.45, 2.75) is 39.3 Å². The van der Waals surface area contributed by atoms with Gasteiger partial charge < -0.3 is 15.1 Å². The molecule has 130 valence electrons. The van der Waals surface area contributed by atoms with E-state index in [0.29, 0.717) is 31.5 Å². The molecule has 1 aliphatic rings. The summed E-state index contributed by atoms with van der Waals surface area (Å²) in [7, 11) is -1.48. The van der Waals surface area contributed by atoms with Gasteiger partial charge in [-0.05, 0) is 26.7 Å². The first-order valence-electron chi connectivity index (χ1n) is 7.65. The molecule has 2 heterocycles. The predicted octanol–water partition coefficient (Wildman–Crippen LogP) is 0.380. The minimum absolute atomic E-state index is 0.0326. The van der Waals surface area contributed by atoms with E-state index < -0.39 is 10.0 Å². The molecule has 1 aromatic rings. The van der Waals surface area contributed by atoms with Gasteiger partial charge in [0, 0.05) is 26.2 Å². The van der Waals surface area contributed by atoms with Crippen molar-refractivity contribution in [3.05, 3.63) is 17.3 Å². The van der Waals surface area contributed by atoms with E-state index in [1.54, 1.807) is 11.4 Å². The molecule has 1 fully saturated rings. The summed E-state index contributed by atoms with van der Waals surface area (Å²) in [6.07, 6.45) is 3.00. The van der Waals surface area contributed by atoms with Gasteiger partial charge in [0.05, 0.1) is 18.5 Å². The van der Waals surface area contributed by atoms with E-state index in [1.165, 1.54) is 6.26 Å². The molecular weight excluding hydrogens is 318 g/mol. The zero-order chi connectivity index (χ0) is 17.0. The molecule has 0 aromatic carbocycles. The Balaban J connectivity index is 1.85. The van der Waals surface area contributed by atoms with Gasteiger partial charge >= 0.3 is 0 Å². The molecule has 0 radical (unpaired) electrons. The summed E-state index contributed by atoms with van der Waals surface area (Å²) in [4.78, 5) is 8.44. The van der Waals surface area contributed by atoms with Crippen LogP contribution in [-0.4, -0.2) is 56.1 Å². The van der Waals surface area contributed by atoms with Crippen LogP contribution in [0, 0.1) is 13.8 Å². The van der Waals surface area contributed by atoms with Gasteiger partial charge in [-0.1, -0.05) is 0 Å². The number of oxazole rings is 1. The number of nitrogens with one attached hydrogen (secondary N) is 2. The molecule has 0 spiro atoms. The van der Waals surface area contributed by atoms with E-state index >= 15 is 0 Å². The van der Waals surface area contributed by atoms with Crippen LogP contribution < -0.4 is 10.6 Å². The number of hydrogen-bond donors (Lipinski definition) is 2. The van der Waals surface area contributed by atoms with Crippen LogP contribution in [0.25, 0.3) is 0 Å². The number of aliphatic imine (C=N–C) groups is 1. The van der Waals surface area contributed by atoms with Gasteiger partial charge in [-0.25, -0.2) is 13.4 Å². The summed E-state index contributed by atoms with van der Waals surface area (Å²) in [5.74, 6) is 2.00. The Hall–Kier alpha value is -1.61. The van der Waals surface area contributed by atoms with Crippen molar-refractivity contribution < 1.29 is 12.8 Å². The minimum atomic E-state index is -3.16. The fraction of sp³-hybridized carbons (Fsp3) is 0.714. The van der Waals surface area contributed by atoms with Crippen molar-refractivity contribution in [3.8, 4) is 0 Å². The number of aryl methyl sites for hydroxylation is 2. The number of hydrogen-bond acceptors (Lipinski definition) is 5. The average Bonchev–Trinajstić information content (AvgIpc) is 3.06. The third-order valence-corrected chi connectivity index (χ3v) is 5.29. The lowest BCUT2D eigenvalue weighted by molar-refractivity contribution is 0.387. The molecule has 0 unspecified atom stereocenters. The topological polar surface area (TPSA) is 99.8 Å². The quantitative estimate of drug-likeness (QED) is 0.592. The molecule has 0 aliphatic carbocycles. The molecule has 1 atom stereocenters. The third kappa shape index (κ3) is 4.68. The molecule has 2 N–H and O–H groups in total. The molecule has 1 aromatic heterocycles. The van der Waals surface area contributed by atoms with Crippen molar-refractivity contribution in [2.75, 3.05) is 26.4 Å². The molecule has 9 heteroatoms. The van der Waals surface area contributed by atoms with Crippen LogP contribution in [0.5, 0.6) is 0 Å². The molecule has 1 aliphatic heterocycles. The lowest BCUT2D eigenvalue weighted by Crippen LogP contribution is -2.46. The van der Waals surface area contributed by atoms with Crippen molar-refractivity contribution in [3.63, 3.8) is 0 Å². The molecule has 2 rings (SSSR count). The maximum atomic E-state index is 11.7. The van der Waals surface area contributed by atoms with E-state index in [-0.39, 0.29) is 6.04 Å². The maximum Gasteiger partial charge on any atom is 0.214 e.